The van der Waals surface area contributed by atoms with Gasteiger partial charge in [-0.05, 0) is 17.7 Å². The van der Waals surface area contributed by atoms with Gasteiger partial charge < -0.3 is 8.98 Å². The van der Waals surface area contributed by atoms with Crippen LogP contribution in [0.1, 0.15) is 23.2 Å². The number of imidazole rings is 1. The maximum atomic E-state index is 5.56. The molecule has 0 radical (unpaired) electrons. The Labute approximate surface area is 118 Å². The molecule has 0 spiro atoms. The van der Waals surface area contributed by atoms with Gasteiger partial charge >= 0.3 is 0 Å². The van der Waals surface area contributed by atoms with Crippen molar-refractivity contribution in [2.24, 2.45) is 7.05 Å². The summed E-state index contributed by atoms with van der Waals surface area (Å²) < 4.78 is 7.57. The molecule has 0 aliphatic carbocycles. The van der Waals surface area contributed by atoms with E-state index in [0.29, 0.717) is 6.54 Å². The Kier molecular flexibility index (Phi) is 3.65. The van der Waals surface area contributed by atoms with Crippen LogP contribution >= 0.6 is 0 Å². The smallest absolute Gasteiger partial charge is 0.125 e. The molecule has 0 fully saturated rings. The van der Waals surface area contributed by atoms with Gasteiger partial charge in [0.05, 0.1) is 18.8 Å². The van der Waals surface area contributed by atoms with Gasteiger partial charge in [0.2, 0.25) is 0 Å². The molecule has 20 heavy (non-hydrogen) atoms. The molecule has 1 atom stereocenters. The number of aromatic nitrogens is 2. The number of aryl methyl sites for hydroxylation is 1. The Morgan fingerprint density at radius 3 is 2.70 bits per heavy atom. The number of nitrogens with zero attached hydrogens (tertiary/aromatic N) is 2. The maximum absolute atomic E-state index is 5.56. The van der Waals surface area contributed by atoms with Gasteiger partial charge in [-0.1, -0.05) is 30.3 Å². The summed E-state index contributed by atoms with van der Waals surface area (Å²) in [7, 11) is 1.99. The van der Waals surface area contributed by atoms with Crippen molar-refractivity contribution in [3.05, 3.63) is 78.3 Å². The van der Waals surface area contributed by atoms with Crippen molar-refractivity contribution < 1.29 is 4.42 Å². The first-order valence-electron chi connectivity index (χ1n) is 6.62. The largest absolute Gasteiger partial charge is 0.467 e. The summed E-state index contributed by atoms with van der Waals surface area (Å²) in [6, 6.07) is 14.2. The van der Waals surface area contributed by atoms with Crippen molar-refractivity contribution in [2.75, 3.05) is 0 Å². The Hall–Kier alpha value is -2.33. The Morgan fingerprint density at radius 2 is 2.05 bits per heavy atom. The van der Waals surface area contributed by atoms with Gasteiger partial charge in [-0.3, -0.25) is 5.32 Å². The molecule has 3 aromatic rings. The zero-order valence-electron chi connectivity index (χ0n) is 11.4. The molecule has 0 aliphatic rings. The first-order valence-corrected chi connectivity index (χ1v) is 6.62. The number of benzene rings is 1. The molecule has 1 N–H and O–H groups in total. The normalized spacial score (nSPS) is 12.4. The van der Waals surface area contributed by atoms with Crippen LogP contribution in [0, 0.1) is 0 Å². The highest BCUT2D eigenvalue weighted by molar-refractivity contribution is 5.26. The fraction of sp³-hybridized carbons (Fsp3) is 0.188. The van der Waals surface area contributed by atoms with E-state index in [-0.39, 0.29) is 6.04 Å². The van der Waals surface area contributed by atoms with Crippen LogP contribution in [-0.4, -0.2) is 9.55 Å². The van der Waals surface area contributed by atoms with Crippen molar-refractivity contribution in [1.82, 2.24) is 14.9 Å². The topological polar surface area (TPSA) is 43.0 Å². The van der Waals surface area contributed by atoms with Gasteiger partial charge in [0.1, 0.15) is 11.6 Å². The third-order valence-corrected chi connectivity index (χ3v) is 3.35. The van der Waals surface area contributed by atoms with E-state index in [1.807, 2.05) is 48.1 Å². The second-order valence-corrected chi connectivity index (χ2v) is 4.69. The fourth-order valence-electron chi connectivity index (χ4n) is 2.24. The summed E-state index contributed by atoms with van der Waals surface area (Å²) in [5.74, 6) is 1.91. The highest BCUT2D eigenvalue weighted by Crippen LogP contribution is 2.22. The molecule has 0 saturated carbocycles. The molecule has 1 unspecified atom stereocenters. The summed E-state index contributed by atoms with van der Waals surface area (Å²) in [5, 5.41) is 3.50. The van der Waals surface area contributed by atoms with Crippen LogP contribution in [0.15, 0.2) is 65.5 Å². The van der Waals surface area contributed by atoms with E-state index in [0.717, 1.165) is 11.6 Å². The molecule has 0 bridgehead atoms. The van der Waals surface area contributed by atoms with Gasteiger partial charge in [0.15, 0.2) is 0 Å². The summed E-state index contributed by atoms with van der Waals surface area (Å²) in [6.45, 7) is 0.684. The quantitative estimate of drug-likeness (QED) is 0.773. The average Bonchev–Trinajstić information content (AvgIpc) is 3.13. The molecule has 0 aliphatic heterocycles. The monoisotopic (exact) mass is 267 g/mol. The molecular formula is C16H17N3O. The van der Waals surface area contributed by atoms with Gasteiger partial charge in [0.25, 0.3) is 0 Å². The van der Waals surface area contributed by atoms with E-state index in [4.69, 9.17) is 4.42 Å². The van der Waals surface area contributed by atoms with Crippen molar-refractivity contribution in [3.8, 4) is 0 Å². The fourth-order valence-corrected chi connectivity index (χ4v) is 2.24. The maximum Gasteiger partial charge on any atom is 0.125 e. The molecule has 1 aromatic carbocycles. The van der Waals surface area contributed by atoms with E-state index >= 15 is 0 Å². The molecule has 0 amide bonds. The van der Waals surface area contributed by atoms with Gasteiger partial charge in [0, 0.05) is 19.4 Å². The molecule has 4 nitrogen and oxygen atoms in total. The highest BCUT2D eigenvalue weighted by atomic mass is 16.3. The van der Waals surface area contributed by atoms with Crippen molar-refractivity contribution in [3.63, 3.8) is 0 Å². The summed E-state index contributed by atoms with van der Waals surface area (Å²) >= 11 is 0. The predicted molar refractivity (Wildman–Crippen MR) is 77.0 cm³/mol. The van der Waals surface area contributed by atoms with Crippen LogP contribution in [0.2, 0.25) is 0 Å². The van der Waals surface area contributed by atoms with Crippen LogP contribution < -0.4 is 5.32 Å². The van der Waals surface area contributed by atoms with E-state index in [9.17, 15) is 0 Å². The molecule has 0 saturated heterocycles. The number of hydrogen-bond acceptors (Lipinski definition) is 3. The molecule has 2 aromatic heterocycles. The Bertz CT molecular complexity index is 643. The second kappa shape index (κ2) is 5.75. The minimum Gasteiger partial charge on any atom is -0.467 e. The molecule has 4 heteroatoms. The first-order chi connectivity index (χ1) is 9.84. The Balaban J connectivity index is 1.82. The van der Waals surface area contributed by atoms with E-state index in [2.05, 4.69) is 22.4 Å². The molecule has 2 heterocycles. The Morgan fingerprint density at radius 1 is 1.20 bits per heavy atom. The number of rotatable bonds is 5. The van der Waals surface area contributed by atoms with Crippen LogP contribution in [0.4, 0.5) is 0 Å². The third-order valence-electron chi connectivity index (χ3n) is 3.35. The van der Waals surface area contributed by atoms with Crippen LogP contribution in [0.3, 0.4) is 0 Å². The average molecular weight is 267 g/mol. The van der Waals surface area contributed by atoms with Crippen LogP contribution in [0.5, 0.6) is 0 Å². The lowest BCUT2D eigenvalue weighted by Gasteiger charge is -2.17. The summed E-state index contributed by atoms with van der Waals surface area (Å²) in [6.07, 6.45) is 5.45. The molecular weight excluding hydrogens is 250 g/mol. The first kappa shape index (κ1) is 12.7. The number of hydrogen-bond donors (Lipinski definition) is 1. The second-order valence-electron chi connectivity index (χ2n) is 4.69. The lowest BCUT2D eigenvalue weighted by Crippen LogP contribution is -2.23. The van der Waals surface area contributed by atoms with Gasteiger partial charge in [-0.2, -0.15) is 0 Å². The predicted octanol–water partition coefficient (Wildman–Crippen LogP) is 2.89. The zero-order valence-corrected chi connectivity index (χ0v) is 11.4. The van der Waals surface area contributed by atoms with Gasteiger partial charge in [-0.25, -0.2) is 4.98 Å². The van der Waals surface area contributed by atoms with E-state index in [1.54, 1.807) is 12.5 Å². The standard InChI is InChI=1S/C16H17N3O/c1-19-10-9-17-15(19)12-18-16(14-8-5-11-20-14)13-6-3-2-4-7-13/h2-11,16,18H,12H2,1H3. The molecule has 102 valence electrons. The SMILES string of the molecule is Cn1ccnc1CNC(c1ccccc1)c1ccco1. The van der Waals surface area contributed by atoms with Crippen molar-refractivity contribution >= 4 is 0 Å². The number of nitrogens with one attached hydrogen (secondary N) is 1. The van der Waals surface area contributed by atoms with Crippen LogP contribution in [-0.2, 0) is 13.6 Å². The third kappa shape index (κ3) is 2.65. The number of furan rings is 1. The summed E-state index contributed by atoms with van der Waals surface area (Å²) in [5.41, 5.74) is 1.18. The van der Waals surface area contributed by atoms with E-state index < -0.39 is 0 Å². The minimum absolute atomic E-state index is 0.0305. The van der Waals surface area contributed by atoms with Crippen LogP contribution in [0.25, 0.3) is 0 Å². The lowest BCUT2D eigenvalue weighted by atomic mass is 10.0. The van der Waals surface area contributed by atoms with Gasteiger partial charge in [-0.15, -0.1) is 0 Å². The highest BCUT2D eigenvalue weighted by Gasteiger charge is 2.16. The van der Waals surface area contributed by atoms with Crippen molar-refractivity contribution in [2.45, 2.75) is 12.6 Å². The minimum atomic E-state index is 0.0305. The van der Waals surface area contributed by atoms with Crippen molar-refractivity contribution in [1.29, 1.82) is 0 Å². The molecule has 3 rings (SSSR count). The zero-order chi connectivity index (χ0) is 13.8. The lowest BCUT2D eigenvalue weighted by molar-refractivity contribution is 0.441. The van der Waals surface area contributed by atoms with E-state index in [1.165, 1.54) is 5.56 Å². The summed E-state index contributed by atoms with van der Waals surface area (Å²) in [4.78, 5) is 4.33.